The van der Waals surface area contributed by atoms with Crippen molar-refractivity contribution in [2.45, 2.75) is 9.79 Å². The molecule has 0 aliphatic heterocycles. The fourth-order valence-electron chi connectivity index (χ4n) is 2.59. The molecule has 0 saturated heterocycles. The van der Waals surface area contributed by atoms with Gasteiger partial charge in [0.25, 0.3) is 0 Å². The van der Waals surface area contributed by atoms with Crippen LogP contribution in [0.1, 0.15) is 11.1 Å². The molecule has 0 heterocycles. The third-order valence-electron chi connectivity index (χ3n) is 4.23. The predicted molar refractivity (Wildman–Crippen MR) is 126 cm³/mol. The number of benzene rings is 3. The molecule has 4 nitrogen and oxygen atoms in total. The van der Waals surface area contributed by atoms with Crippen LogP contribution in [0.15, 0.2) is 80.4 Å². The number of aliphatic imine (C=N–C) groups is 2. The van der Waals surface area contributed by atoms with Crippen molar-refractivity contribution in [3.63, 3.8) is 0 Å². The number of methoxy groups -OCH3 is 1. The molecule has 0 unspecified atom stereocenters. The number of ether oxygens (including phenoxy) is 1. The number of thioether (sulfide) groups is 2. The van der Waals surface area contributed by atoms with Crippen molar-refractivity contribution in [1.82, 2.24) is 0 Å². The SMILES string of the molecule is COc1cc(C=Nc2ccc(SC)cc2)c(O)c(C=Nc2ccc(SC)cc2)c1. The van der Waals surface area contributed by atoms with E-state index in [4.69, 9.17) is 4.74 Å². The second-order valence-corrected chi connectivity index (χ2v) is 7.83. The lowest BCUT2D eigenvalue weighted by atomic mass is 10.1. The van der Waals surface area contributed by atoms with E-state index in [1.165, 1.54) is 9.79 Å². The molecule has 0 aromatic heterocycles. The Morgan fingerprint density at radius 2 is 1.17 bits per heavy atom. The molecular formula is C23H22N2O2S2. The van der Waals surface area contributed by atoms with Gasteiger partial charge in [-0.2, -0.15) is 0 Å². The molecule has 0 atom stereocenters. The first kappa shape index (κ1) is 21.0. The van der Waals surface area contributed by atoms with Gasteiger partial charge in [0, 0.05) is 33.3 Å². The summed E-state index contributed by atoms with van der Waals surface area (Å²) in [5.41, 5.74) is 2.76. The van der Waals surface area contributed by atoms with Gasteiger partial charge in [0.05, 0.1) is 18.5 Å². The minimum absolute atomic E-state index is 0.111. The zero-order chi connectivity index (χ0) is 20.6. The highest BCUT2D eigenvalue weighted by atomic mass is 32.2. The van der Waals surface area contributed by atoms with Crippen LogP contribution in [0.2, 0.25) is 0 Å². The lowest BCUT2D eigenvalue weighted by Crippen LogP contribution is -1.93. The van der Waals surface area contributed by atoms with E-state index in [2.05, 4.69) is 9.98 Å². The summed E-state index contributed by atoms with van der Waals surface area (Å²) < 4.78 is 5.38. The highest BCUT2D eigenvalue weighted by molar-refractivity contribution is 7.98. The van der Waals surface area contributed by atoms with E-state index in [1.54, 1.807) is 55.2 Å². The van der Waals surface area contributed by atoms with Gasteiger partial charge >= 0.3 is 0 Å². The van der Waals surface area contributed by atoms with E-state index < -0.39 is 0 Å². The second-order valence-electron chi connectivity index (χ2n) is 6.07. The summed E-state index contributed by atoms with van der Waals surface area (Å²) in [7, 11) is 1.59. The Bertz CT molecular complexity index is 936. The molecule has 3 aromatic rings. The number of phenols is 1. The molecule has 3 aromatic carbocycles. The Kier molecular flexibility index (Phi) is 7.38. The highest BCUT2D eigenvalue weighted by Gasteiger charge is 2.08. The molecule has 1 N–H and O–H groups in total. The summed E-state index contributed by atoms with van der Waals surface area (Å²) in [5.74, 6) is 0.737. The van der Waals surface area contributed by atoms with Crippen LogP contribution in [0.25, 0.3) is 0 Å². The first-order chi connectivity index (χ1) is 14.1. The Balaban J connectivity index is 1.87. The van der Waals surface area contributed by atoms with Crippen LogP contribution >= 0.6 is 23.5 Å². The van der Waals surface area contributed by atoms with Crippen LogP contribution in [-0.4, -0.2) is 37.2 Å². The van der Waals surface area contributed by atoms with E-state index in [0.717, 1.165) is 11.4 Å². The number of rotatable bonds is 7. The first-order valence-corrected chi connectivity index (χ1v) is 11.3. The smallest absolute Gasteiger partial charge is 0.133 e. The lowest BCUT2D eigenvalue weighted by molar-refractivity contribution is 0.412. The van der Waals surface area contributed by atoms with Gasteiger partial charge in [-0.05, 0) is 73.2 Å². The number of hydrogen-bond acceptors (Lipinski definition) is 6. The fraction of sp³-hybridized carbons (Fsp3) is 0.130. The maximum atomic E-state index is 10.7. The molecule has 0 aliphatic rings. The molecule has 29 heavy (non-hydrogen) atoms. The quantitative estimate of drug-likeness (QED) is 0.356. The maximum Gasteiger partial charge on any atom is 0.133 e. The Morgan fingerprint density at radius 1 is 0.759 bits per heavy atom. The van der Waals surface area contributed by atoms with Crippen LogP contribution in [0.4, 0.5) is 11.4 Å². The van der Waals surface area contributed by atoms with Gasteiger partial charge in [-0.15, -0.1) is 23.5 Å². The molecule has 0 saturated carbocycles. The molecule has 0 radical (unpaired) electrons. The third kappa shape index (κ3) is 5.65. The van der Waals surface area contributed by atoms with Crippen molar-refractivity contribution in [3.8, 4) is 11.5 Å². The summed E-state index contributed by atoms with van der Waals surface area (Å²) >= 11 is 3.37. The van der Waals surface area contributed by atoms with Crippen molar-refractivity contribution < 1.29 is 9.84 Å². The maximum absolute atomic E-state index is 10.7. The van der Waals surface area contributed by atoms with Gasteiger partial charge in [0.15, 0.2) is 0 Å². The van der Waals surface area contributed by atoms with E-state index >= 15 is 0 Å². The summed E-state index contributed by atoms with van der Waals surface area (Å²) in [5, 5.41) is 10.7. The Hall–Kier alpha value is -2.70. The molecule has 148 valence electrons. The molecule has 0 bridgehead atoms. The largest absolute Gasteiger partial charge is 0.507 e. The Labute approximate surface area is 179 Å². The minimum atomic E-state index is 0.111. The molecule has 0 spiro atoms. The Morgan fingerprint density at radius 3 is 1.52 bits per heavy atom. The average Bonchev–Trinajstić information content (AvgIpc) is 2.78. The average molecular weight is 423 g/mol. The molecular weight excluding hydrogens is 400 g/mol. The number of hydrogen-bond donors (Lipinski definition) is 1. The van der Waals surface area contributed by atoms with Crippen LogP contribution in [0.3, 0.4) is 0 Å². The van der Waals surface area contributed by atoms with Gasteiger partial charge in [-0.3, -0.25) is 9.98 Å². The highest BCUT2D eigenvalue weighted by Crippen LogP contribution is 2.28. The fourth-order valence-corrected chi connectivity index (χ4v) is 3.41. The third-order valence-corrected chi connectivity index (χ3v) is 5.72. The molecule has 3 rings (SSSR count). The van der Waals surface area contributed by atoms with E-state index in [0.29, 0.717) is 16.9 Å². The van der Waals surface area contributed by atoms with Gasteiger partial charge in [-0.1, -0.05) is 0 Å². The standard InChI is InChI=1S/C23H22N2O2S2/c1-27-20-12-16(14-24-18-4-8-21(28-2)9-5-18)23(26)17(13-20)15-25-19-6-10-22(29-3)11-7-19/h4-15,26H,1-3H3. The van der Waals surface area contributed by atoms with Crippen LogP contribution in [-0.2, 0) is 0 Å². The molecule has 6 heteroatoms. The van der Waals surface area contributed by atoms with Crippen molar-refractivity contribution in [3.05, 3.63) is 71.8 Å². The van der Waals surface area contributed by atoms with Crippen LogP contribution in [0.5, 0.6) is 11.5 Å². The van der Waals surface area contributed by atoms with Crippen molar-refractivity contribution in [2.75, 3.05) is 19.6 Å². The molecule has 0 fully saturated rings. The van der Waals surface area contributed by atoms with E-state index in [9.17, 15) is 5.11 Å². The van der Waals surface area contributed by atoms with Crippen molar-refractivity contribution in [2.24, 2.45) is 9.98 Å². The predicted octanol–water partition coefficient (Wildman–Crippen LogP) is 6.35. The zero-order valence-corrected chi connectivity index (χ0v) is 18.1. The first-order valence-electron chi connectivity index (χ1n) is 8.90. The van der Waals surface area contributed by atoms with Gasteiger partial charge in [0.1, 0.15) is 11.5 Å². The van der Waals surface area contributed by atoms with Gasteiger partial charge in [0.2, 0.25) is 0 Å². The van der Waals surface area contributed by atoms with E-state index in [1.807, 2.05) is 61.0 Å². The summed E-state index contributed by atoms with van der Waals surface area (Å²) in [4.78, 5) is 11.3. The van der Waals surface area contributed by atoms with Crippen LogP contribution < -0.4 is 4.74 Å². The monoisotopic (exact) mass is 422 g/mol. The molecule has 0 amide bonds. The van der Waals surface area contributed by atoms with Gasteiger partial charge in [-0.25, -0.2) is 0 Å². The summed E-state index contributed by atoms with van der Waals surface area (Å²) in [6.07, 6.45) is 7.34. The summed E-state index contributed by atoms with van der Waals surface area (Å²) in [6, 6.07) is 19.3. The number of nitrogens with zero attached hydrogens (tertiary/aromatic N) is 2. The van der Waals surface area contributed by atoms with E-state index in [-0.39, 0.29) is 5.75 Å². The van der Waals surface area contributed by atoms with Crippen molar-refractivity contribution in [1.29, 1.82) is 0 Å². The number of aromatic hydroxyl groups is 1. The zero-order valence-electron chi connectivity index (χ0n) is 16.5. The van der Waals surface area contributed by atoms with Gasteiger partial charge < -0.3 is 9.84 Å². The normalized spacial score (nSPS) is 11.4. The molecule has 0 aliphatic carbocycles. The topological polar surface area (TPSA) is 54.2 Å². The van der Waals surface area contributed by atoms with Crippen LogP contribution in [0, 0.1) is 0 Å². The number of phenolic OH excluding ortho intramolecular Hbond substituents is 1. The lowest BCUT2D eigenvalue weighted by Gasteiger charge is -2.07. The summed E-state index contributed by atoms with van der Waals surface area (Å²) in [6.45, 7) is 0. The van der Waals surface area contributed by atoms with Crippen molar-refractivity contribution >= 4 is 47.3 Å². The minimum Gasteiger partial charge on any atom is -0.507 e. The second kappa shape index (κ2) is 10.2.